The third-order valence-electron chi connectivity index (χ3n) is 5.73. The summed E-state index contributed by atoms with van der Waals surface area (Å²) in [5.74, 6) is 0.477. The minimum atomic E-state index is -0.497. The van der Waals surface area contributed by atoms with Crippen LogP contribution in [0.25, 0.3) is 0 Å². The molecule has 4 heteroatoms. The second-order valence-electron chi connectivity index (χ2n) is 7.25. The minimum absolute atomic E-state index is 0.000365. The van der Waals surface area contributed by atoms with Gasteiger partial charge in [-0.2, -0.15) is 0 Å². The zero-order chi connectivity index (χ0) is 14.3. The van der Waals surface area contributed by atoms with E-state index in [1.165, 1.54) is 17.7 Å². The van der Waals surface area contributed by atoms with Gasteiger partial charge < -0.3 is 14.7 Å². The van der Waals surface area contributed by atoms with Crippen molar-refractivity contribution in [3.05, 3.63) is 0 Å². The molecular formula is C16H28NO3+. The number of hydrogen-bond donors (Lipinski definition) is 2. The molecule has 2 N–H and O–H groups in total. The van der Waals surface area contributed by atoms with Gasteiger partial charge in [0.2, 0.25) is 0 Å². The number of ether oxygens (including phenoxy) is 1. The largest absolute Gasteiger partial charge is 0.392 e. The number of hydrogen-bond acceptors (Lipinski definition) is 3. The van der Waals surface area contributed by atoms with Gasteiger partial charge >= 0.3 is 0 Å². The summed E-state index contributed by atoms with van der Waals surface area (Å²) in [7, 11) is 2.20. The highest BCUT2D eigenvalue weighted by atomic mass is 16.5. The van der Waals surface area contributed by atoms with Gasteiger partial charge in [-0.3, -0.25) is 4.79 Å². The number of aliphatic hydroxyl groups is 1. The first-order chi connectivity index (χ1) is 9.58. The molecule has 114 valence electrons. The van der Waals surface area contributed by atoms with Crippen LogP contribution in [0.1, 0.15) is 39.0 Å². The van der Waals surface area contributed by atoms with E-state index in [-0.39, 0.29) is 23.7 Å². The topological polar surface area (TPSA) is 51.0 Å². The summed E-state index contributed by atoms with van der Waals surface area (Å²) >= 11 is 0. The van der Waals surface area contributed by atoms with E-state index in [0.717, 1.165) is 25.8 Å². The van der Waals surface area contributed by atoms with Crippen LogP contribution < -0.4 is 4.90 Å². The quantitative estimate of drug-likeness (QED) is 0.714. The van der Waals surface area contributed by atoms with E-state index < -0.39 is 6.10 Å². The lowest BCUT2D eigenvalue weighted by atomic mass is 9.70. The first-order valence-corrected chi connectivity index (χ1v) is 8.23. The molecule has 0 aromatic carbocycles. The maximum absolute atomic E-state index is 12.9. The molecule has 3 aliphatic rings. The molecule has 0 amide bonds. The Morgan fingerprint density at radius 2 is 2.10 bits per heavy atom. The summed E-state index contributed by atoms with van der Waals surface area (Å²) in [5.41, 5.74) is 0. The van der Waals surface area contributed by atoms with Crippen LogP contribution in [0.5, 0.6) is 0 Å². The number of fused-ring (bicyclic) bond motifs is 1. The lowest BCUT2D eigenvalue weighted by Gasteiger charge is -2.45. The number of aliphatic hydroxyl groups excluding tert-OH is 1. The highest BCUT2D eigenvalue weighted by molar-refractivity contribution is 5.86. The summed E-state index contributed by atoms with van der Waals surface area (Å²) in [6.45, 7) is 3.86. The van der Waals surface area contributed by atoms with E-state index in [0.29, 0.717) is 18.6 Å². The van der Waals surface area contributed by atoms with Crippen LogP contribution in [-0.2, 0) is 9.53 Å². The van der Waals surface area contributed by atoms with Gasteiger partial charge in [-0.25, -0.2) is 0 Å². The lowest BCUT2D eigenvalue weighted by Crippen LogP contribution is -3.15. The summed E-state index contributed by atoms with van der Waals surface area (Å²) < 4.78 is 6.01. The number of Topliss-reactive ketones (excluding diaryl/α,β-unsaturated/α-hetero) is 1. The average molecular weight is 282 g/mol. The fourth-order valence-corrected chi connectivity index (χ4v) is 4.61. The molecule has 1 saturated carbocycles. The van der Waals surface area contributed by atoms with E-state index in [1.807, 2.05) is 0 Å². The number of quaternary nitrogens is 1. The molecule has 2 aliphatic heterocycles. The Morgan fingerprint density at radius 3 is 2.85 bits per heavy atom. The Hall–Kier alpha value is -0.450. The van der Waals surface area contributed by atoms with E-state index in [4.69, 9.17) is 4.74 Å². The first kappa shape index (κ1) is 14.5. The molecule has 3 rings (SSSR count). The summed E-state index contributed by atoms with van der Waals surface area (Å²) in [6, 6.07) is 0.392. The molecule has 2 heterocycles. The van der Waals surface area contributed by atoms with E-state index in [9.17, 15) is 9.90 Å². The smallest absolute Gasteiger partial charge is 0.152 e. The van der Waals surface area contributed by atoms with Gasteiger partial charge in [-0.05, 0) is 31.6 Å². The van der Waals surface area contributed by atoms with Gasteiger partial charge in [0, 0.05) is 6.42 Å². The van der Waals surface area contributed by atoms with Gasteiger partial charge in [0.15, 0.2) is 5.78 Å². The maximum atomic E-state index is 12.9. The number of likely N-dealkylation sites (tertiary alicyclic amines) is 1. The Balaban J connectivity index is 1.74. The van der Waals surface area contributed by atoms with Crippen molar-refractivity contribution in [2.45, 2.75) is 57.3 Å². The Morgan fingerprint density at radius 1 is 1.30 bits per heavy atom. The van der Waals surface area contributed by atoms with Crippen molar-refractivity contribution in [3.8, 4) is 0 Å². The van der Waals surface area contributed by atoms with Gasteiger partial charge in [0.05, 0.1) is 50.3 Å². The van der Waals surface area contributed by atoms with Crippen molar-refractivity contribution < 1.29 is 19.5 Å². The van der Waals surface area contributed by atoms with Crippen molar-refractivity contribution in [1.82, 2.24) is 0 Å². The molecule has 0 aromatic rings. The van der Waals surface area contributed by atoms with Crippen LogP contribution in [0.4, 0.5) is 0 Å². The van der Waals surface area contributed by atoms with Gasteiger partial charge in [-0.15, -0.1) is 0 Å². The molecule has 0 spiro atoms. The molecule has 7 atom stereocenters. The number of carbonyl (C=O) groups is 1. The molecule has 2 saturated heterocycles. The van der Waals surface area contributed by atoms with Crippen molar-refractivity contribution >= 4 is 5.78 Å². The number of rotatable bonds is 1. The van der Waals surface area contributed by atoms with E-state index in [2.05, 4.69) is 14.0 Å². The predicted molar refractivity (Wildman–Crippen MR) is 75.5 cm³/mol. The lowest BCUT2D eigenvalue weighted by molar-refractivity contribution is -0.914. The number of carbonyl (C=O) groups excluding carboxylic acids is 1. The molecule has 0 aromatic heterocycles. The van der Waals surface area contributed by atoms with Crippen molar-refractivity contribution in [2.24, 2.45) is 17.8 Å². The molecule has 3 fully saturated rings. The maximum Gasteiger partial charge on any atom is 0.152 e. The third-order valence-corrected chi connectivity index (χ3v) is 5.73. The minimum Gasteiger partial charge on any atom is -0.392 e. The molecule has 4 nitrogen and oxygen atoms in total. The molecule has 0 radical (unpaired) electrons. The van der Waals surface area contributed by atoms with Crippen LogP contribution in [0.2, 0.25) is 0 Å². The monoisotopic (exact) mass is 282 g/mol. The van der Waals surface area contributed by atoms with Gasteiger partial charge in [0.1, 0.15) is 0 Å². The fraction of sp³-hybridized carbons (Fsp3) is 0.938. The van der Waals surface area contributed by atoms with Crippen molar-refractivity contribution in [1.29, 1.82) is 0 Å². The summed E-state index contributed by atoms with van der Waals surface area (Å²) in [6.07, 6.45) is 4.74. The second kappa shape index (κ2) is 5.74. The second-order valence-corrected chi connectivity index (χ2v) is 7.25. The average Bonchev–Trinajstić information content (AvgIpc) is 2.39. The van der Waals surface area contributed by atoms with Gasteiger partial charge in [0.25, 0.3) is 0 Å². The SMILES string of the molecule is CC1CC(O)C2C(=O)C(C3CCCC[NH+]3C)COC2C1. The summed E-state index contributed by atoms with van der Waals surface area (Å²) in [5, 5.41) is 10.3. The molecular weight excluding hydrogens is 254 g/mol. The van der Waals surface area contributed by atoms with E-state index in [1.54, 1.807) is 0 Å². The number of ketones is 1. The van der Waals surface area contributed by atoms with Crippen LogP contribution in [0, 0.1) is 17.8 Å². The normalized spacial score (nSPS) is 49.8. The molecule has 20 heavy (non-hydrogen) atoms. The van der Waals surface area contributed by atoms with Crippen molar-refractivity contribution in [2.75, 3.05) is 20.2 Å². The number of nitrogens with one attached hydrogen (secondary N) is 1. The molecule has 1 aliphatic carbocycles. The third kappa shape index (κ3) is 2.53. The molecule has 7 unspecified atom stereocenters. The van der Waals surface area contributed by atoms with E-state index >= 15 is 0 Å². The van der Waals surface area contributed by atoms with Gasteiger partial charge in [-0.1, -0.05) is 6.92 Å². The highest BCUT2D eigenvalue weighted by Crippen LogP contribution is 2.37. The van der Waals surface area contributed by atoms with Crippen LogP contribution in [0.3, 0.4) is 0 Å². The fourth-order valence-electron chi connectivity index (χ4n) is 4.61. The first-order valence-electron chi connectivity index (χ1n) is 8.23. The van der Waals surface area contributed by atoms with Crippen LogP contribution in [-0.4, -0.2) is 49.3 Å². The Bertz CT molecular complexity index is 373. The summed E-state index contributed by atoms with van der Waals surface area (Å²) in [4.78, 5) is 14.3. The number of piperidine rings is 1. The Kier molecular flexibility index (Phi) is 4.16. The van der Waals surface area contributed by atoms with Crippen molar-refractivity contribution in [3.63, 3.8) is 0 Å². The standard InChI is InChI=1S/C16H27NO3/c1-10-7-13(18)15-14(8-10)20-9-11(16(15)19)12-5-3-4-6-17(12)2/h10-15,18H,3-9H2,1-2H3/p+1. The molecule has 0 bridgehead atoms. The van der Waals surface area contributed by atoms with Crippen LogP contribution >= 0.6 is 0 Å². The van der Waals surface area contributed by atoms with Crippen LogP contribution in [0.15, 0.2) is 0 Å². The Labute approximate surface area is 121 Å². The zero-order valence-electron chi connectivity index (χ0n) is 12.7. The zero-order valence-corrected chi connectivity index (χ0v) is 12.7. The highest BCUT2D eigenvalue weighted by Gasteiger charge is 2.50. The predicted octanol–water partition coefficient (Wildman–Crippen LogP) is 0.0447.